The Kier molecular flexibility index (Phi) is 5.51. The minimum atomic E-state index is -0.00194. The lowest BCUT2D eigenvalue weighted by molar-refractivity contribution is 0.0949. The molecule has 1 aliphatic rings. The summed E-state index contributed by atoms with van der Waals surface area (Å²) in [4.78, 5) is 16.3. The molecule has 1 fully saturated rings. The Labute approximate surface area is 118 Å². The molecule has 2 heterocycles. The van der Waals surface area contributed by atoms with Gasteiger partial charge in [0, 0.05) is 19.3 Å². The average Bonchev–Trinajstić information content (AvgIpc) is 2.96. The van der Waals surface area contributed by atoms with Crippen LogP contribution in [-0.2, 0) is 0 Å². The van der Waals surface area contributed by atoms with Gasteiger partial charge in [0.1, 0.15) is 0 Å². The van der Waals surface area contributed by atoms with Crippen LogP contribution in [0.5, 0.6) is 0 Å². The van der Waals surface area contributed by atoms with Crippen LogP contribution in [0.2, 0.25) is 0 Å². The van der Waals surface area contributed by atoms with E-state index >= 15 is 0 Å². The van der Waals surface area contributed by atoms with Crippen molar-refractivity contribution in [1.29, 1.82) is 0 Å². The summed E-state index contributed by atoms with van der Waals surface area (Å²) in [5, 5.41) is 6.28. The molecular weight excluding hydrogens is 258 g/mol. The molecule has 0 aliphatic carbocycles. The van der Waals surface area contributed by atoms with Crippen molar-refractivity contribution in [2.75, 3.05) is 29.9 Å². The first-order chi connectivity index (χ1) is 9.31. The highest BCUT2D eigenvalue weighted by atomic mass is 32.2. The molecule has 1 amide bonds. The van der Waals surface area contributed by atoms with Gasteiger partial charge in [-0.3, -0.25) is 9.78 Å². The van der Waals surface area contributed by atoms with Gasteiger partial charge in [-0.25, -0.2) is 0 Å². The monoisotopic (exact) mass is 279 g/mol. The molecule has 4 nitrogen and oxygen atoms in total. The molecule has 0 bridgehead atoms. The Hall–Kier alpha value is -1.23. The number of hydrogen-bond donors (Lipinski definition) is 2. The number of pyridine rings is 1. The second kappa shape index (κ2) is 7.38. The number of anilines is 1. The maximum atomic E-state index is 12.2. The van der Waals surface area contributed by atoms with Gasteiger partial charge in [-0.2, -0.15) is 11.8 Å². The molecule has 1 aliphatic heterocycles. The number of carbonyl (C=O) groups is 1. The second-order valence-corrected chi connectivity index (χ2v) is 5.94. The van der Waals surface area contributed by atoms with Crippen LogP contribution >= 0.6 is 11.8 Å². The first-order valence-corrected chi connectivity index (χ1v) is 8.00. The van der Waals surface area contributed by atoms with Gasteiger partial charge in [-0.05, 0) is 36.3 Å². The summed E-state index contributed by atoms with van der Waals surface area (Å²) in [7, 11) is 0. The smallest absolute Gasteiger partial charge is 0.253 e. The fourth-order valence-electron chi connectivity index (χ4n) is 2.07. The van der Waals surface area contributed by atoms with Crippen molar-refractivity contribution < 1.29 is 4.79 Å². The van der Waals surface area contributed by atoms with Crippen LogP contribution in [0.4, 0.5) is 5.69 Å². The molecule has 1 aromatic rings. The number of aromatic nitrogens is 1. The lowest BCUT2D eigenvalue weighted by Crippen LogP contribution is -2.30. The van der Waals surface area contributed by atoms with Gasteiger partial charge in [0.15, 0.2) is 0 Å². The summed E-state index contributed by atoms with van der Waals surface area (Å²) >= 11 is 1.97. The van der Waals surface area contributed by atoms with Crippen molar-refractivity contribution in [2.24, 2.45) is 5.92 Å². The van der Waals surface area contributed by atoms with E-state index in [1.54, 1.807) is 18.5 Å². The summed E-state index contributed by atoms with van der Waals surface area (Å²) in [5.41, 5.74) is 1.51. The number of rotatable bonds is 6. The molecule has 1 aromatic heterocycles. The zero-order valence-electron chi connectivity index (χ0n) is 11.3. The van der Waals surface area contributed by atoms with E-state index < -0.39 is 0 Å². The summed E-state index contributed by atoms with van der Waals surface area (Å²) in [5.74, 6) is 3.01. The van der Waals surface area contributed by atoms with E-state index in [4.69, 9.17) is 0 Å². The van der Waals surface area contributed by atoms with Gasteiger partial charge in [-0.15, -0.1) is 0 Å². The molecule has 104 valence electrons. The van der Waals surface area contributed by atoms with Crippen LogP contribution in [0.15, 0.2) is 18.5 Å². The largest absolute Gasteiger partial charge is 0.383 e. The summed E-state index contributed by atoms with van der Waals surface area (Å²) < 4.78 is 0. The van der Waals surface area contributed by atoms with Gasteiger partial charge in [0.25, 0.3) is 5.91 Å². The van der Waals surface area contributed by atoms with Gasteiger partial charge in [0.2, 0.25) is 0 Å². The van der Waals surface area contributed by atoms with E-state index in [9.17, 15) is 4.79 Å². The van der Waals surface area contributed by atoms with E-state index in [1.807, 2.05) is 11.8 Å². The third kappa shape index (κ3) is 4.13. The highest BCUT2D eigenvalue weighted by Gasteiger charge is 2.17. The fourth-order valence-corrected chi connectivity index (χ4v) is 3.35. The fraction of sp³-hybridized carbons (Fsp3) is 0.571. The number of amides is 1. The standard InChI is InChI=1S/C14H21N3OS/c1-2-5-16-13-9-15-6-3-12(13)14(18)17-8-11-4-7-19-10-11/h3,6,9,11,16H,2,4-5,7-8,10H2,1H3,(H,17,18). The Bertz CT molecular complexity index is 419. The highest BCUT2D eigenvalue weighted by Crippen LogP contribution is 2.22. The molecule has 5 heteroatoms. The normalized spacial score (nSPS) is 18.3. The molecule has 0 saturated carbocycles. The Morgan fingerprint density at radius 2 is 2.47 bits per heavy atom. The van der Waals surface area contributed by atoms with Crippen LogP contribution in [0.25, 0.3) is 0 Å². The van der Waals surface area contributed by atoms with Crippen LogP contribution in [0.1, 0.15) is 30.1 Å². The predicted molar refractivity (Wildman–Crippen MR) is 80.8 cm³/mol. The van der Waals surface area contributed by atoms with Gasteiger partial charge < -0.3 is 10.6 Å². The molecule has 19 heavy (non-hydrogen) atoms. The Balaban J connectivity index is 1.93. The third-order valence-electron chi connectivity index (χ3n) is 3.21. The SMILES string of the molecule is CCCNc1cnccc1C(=O)NCC1CCSC1. The lowest BCUT2D eigenvalue weighted by atomic mass is 10.1. The molecule has 1 saturated heterocycles. The van der Waals surface area contributed by atoms with Crippen molar-refractivity contribution in [1.82, 2.24) is 10.3 Å². The van der Waals surface area contributed by atoms with Gasteiger partial charge in [-0.1, -0.05) is 6.92 Å². The highest BCUT2D eigenvalue weighted by molar-refractivity contribution is 7.99. The molecule has 1 unspecified atom stereocenters. The third-order valence-corrected chi connectivity index (χ3v) is 4.44. The first kappa shape index (κ1) is 14.2. The van der Waals surface area contributed by atoms with Crippen LogP contribution in [0, 0.1) is 5.92 Å². The van der Waals surface area contributed by atoms with Crippen molar-refractivity contribution in [2.45, 2.75) is 19.8 Å². The summed E-state index contributed by atoms with van der Waals surface area (Å²) in [6, 6.07) is 1.77. The van der Waals surface area contributed by atoms with E-state index in [0.717, 1.165) is 31.0 Å². The van der Waals surface area contributed by atoms with Gasteiger partial charge >= 0.3 is 0 Å². The Morgan fingerprint density at radius 3 is 3.21 bits per heavy atom. The first-order valence-electron chi connectivity index (χ1n) is 6.85. The number of thioether (sulfide) groups is 1. The topological polar surface area (TPSA) is 54.0 Å². The maximum Gasteiger partial charge on any atom is 0.253 e. The van der Waals surface area contributed by atoms with E-state index in [1.165, 1.54) is 12.2 Å². The average molecular weight is 279 g/mol. The second-order valence-electron chi connectivity index (χ2n) is 4.79. The van der Waals surface area contributed by atoms with Crippen molar-refractivity contribution in [3.8, 4) is 0 Å². The van der Waals surface area contributed by atoms with E-state index in [2.05, 4.69) is 22.5 Å². The molecular formula is C14H21N3OS. The number of carbonyl (C=O) groups excluding carboxylic acids is 1. The van der Waals surface area contributed by atoms with Crippen molar-refractivity contribution in [3.63, 3.8) is 0 Å². The van der Waals surface area contributed by atoms with Gasteiger partial charge in [0.05, 0.1) is 17.4 Å². The molecule has 0 spiro atoms. The number of hydrogen-bond acceptors (Lipinski definition) is 4. The molecule has 0 aromatic carbocycles. The van der Waals surface area contributed by atoms with E-state index in [-0.39, 0.29) is 5.91 Å². The van der Waals surface area contributed by atoms with E-state index in [0.29, 0.717) is 11.5 Å². The van der Waals surface area contributed by atoms with Crippen molar-refractivity contribution >= 4 is 23.4 Å². The summed E-state index contributed by atoms with van der Waals surface area (Å²) in [6.07, 6.45) is 5.62. The zero-order valence-corrected chi connectivity index (χ0v) is 12.1. The number of nitrogens with zero attached hydrogens (tertiary/aromatic N) is 1. The Morgan fingerprint density at radius 1 is 1.58 bits per heavy atom. The predicted octanol–water partition coefficient (Wildman–Crippen LogP) is 2.39. The minimum absolute atomic E-state index is 0.00194. The molecule has 0 radical (unpaired) electrons. The molecule has 2 rings (SSSR count). The zero-order chi connectivity index (χ0) is 13.5. The van der Waals surface area contributed by atoms with Crippen LogP contribution in [0.3, 0.4) is 0 Å². The minimum Gasteiger partial charge on any atom is -0.383 e. The van der Waals surface area contributed by atoms with Crippen LogP contribution in [-0.4, -0.2) is 35.5 Å². The lowest BCUT2D eigenvalue weighted by Gasteiger charge is -2.13. The molecule has 2 N–H and O–H groups in total. The molecule has 1 atom stereocenters. The quantitative estimate of drug-likeness (QED) is 0.839. The maximum absolute atomic E-state index is 12.2. The summed E-state index contributed by atoms with van der Waals surface area (Å²) in [6.45, 7) is 3.73. The van der Waals surface area contributed by atoms with Crippen molar-refractivity contribution in [3.05, 3.63) is 24.0 Å². The van der Waals surface area contributed by atoms with Crippen LogP contribution < -0.4 is 10.6 Å². The number of nitrogens with one attached hydrogen (secondary N) is 2.